The molecule has 4 nitrogen and oxygen atoms in total. The number of rotatable bonds is 11. The average molecular weight is 516 g/mol. The molecular formula is C24H29Cl3N2O2S. The van der Waals surface area contributed by atoms with Crippen LogP contribution in [0.2, 0.25) is 15.1 Å². The van der Waals surface area contributed by atoms with Gasteiger partial charge in [0.15, 0.2) is 0 Å². The molecule has 174 valence electrons. The highest BCUT2D eigenvalue weighted by molar-refractivity contribution is 7.99. The van der Waals surface area contributed by atoms with E-state index in [1.54, 1.807) is 28.8 Å². The van der Waals surface area contributed by atoms with Gasteiger partial charge in [-0.05, 0) is 61.7 Å². The number of amides is 2. The van der Waals surface area contributed by atoms with Gasteiger partial charge in [0.05, 0.1) is 10.0 Å². The number of halogens is 3. The summed E-state index contributed by atoms with van der Waals surface area (Å²) in [6.45, 7) is 6.17. The third-order valence-corrected chi connectivity index (χ3v) is 7.13. The second-order valence-electron chi connectivity index (χ2n) is 7.56. The molecule has 0 heterocycles. The third kappa shape index (κ3) is 8.18. The van der Waals surface area contributed by atoms with Gasteiger partial charge in [0.1, 0.15) is 6.04 Å². The van der Waals surface area contributed by atoms with E-state index >= 15 is 0 Å². The summed E-state index contributed by atoms with van der Waals surface area (Å²) < 4.78 is 0. The molecule has 0 fully saturated rings. The van der Waals surface area contributed by atoms with Crippen LogP contribution in [0.1, 0.15) is 45.6 Å². The lowest BCUT2D eigenvalue weighted by Gasteiger charge is -2.31. The zero-order valence-corrected chi connectivity index (χ0v) is 21.6. The van der Waals surface area contributed by atoms with Crippen molar-refractivity contribution >= 4 is 58.4 Å². The third-order valence-electron chi connectivity index (χ3n) is 5.12. The number of hydrogen-bond donors (Lipinski definition) is 1. The van der Waals surface area contributed by atoms with E-state index in [2.05, 4.69) is 5.32 Å². The molecular weight excluding hydrogens is 487 g/mol. The van der Waals surface area contributed by atoms with E-state index in [9.17, 15) is 9.59 Å². The largest absolute Gasteiger partial charge is 0.352 e. The van der Waals surface area contributed by atoms with Gasteiger partial charge in [0.2, 0.25) is 11.8 Å². The van der Waals surface area contributed by atoms with E-state index in [0.29, 0.717) is 33.7 Å². The van der Waals surface area contributed by atoms with Crippen molar-refractivity contribution in [1.82, 2.24) is 10.2 Å². The lowest BCUT2D eigenvalue weighted by molar-refractivity contribution is -0.141. The molecule has 2 aromatic rings. The van der Waals surface area contributed by atoms with Crippen molar-refractivity contribution < 1.29 is 9.59 Å². The molecule has 8 heteroatoms. The molecule has 2 atom stereocenters. The van der Waals surface area contributed by atoms with Crippen LogP contribution in [0.15, 0.2) is 47.4 Å². The topological polar surface area (TPSA) is 49.4 Å². The minimum Gasteiger partial charge on any atom is -0.352 e. The fourth-order valence-electron chi connectivity index (χ4n) is 3.13. The molecule has 0 spiro atoms. The van der Waals surface area contributed by atoms with Crippen LogP contribution in [0.5, 0.6) is 0 Å². The van der Waals surface area contributed by atoms with Crippen molar-refractivity contribution in [1.29, 1.82) is 0 Å². The Bertz CT molecular complexity index is 909. The summed E-state index contributed by atoms with van der Waals surface area (Å²) >= 11 is 19.7. The van der Waals surface area contributed by atoms with Crippen molar-refractivity contribution in [3.05, 3.63) is 63.1 Å². The van der Waals surface area contributed by atoms with Gasteiger partial charge in [-0.1, -0.05) is 54.7 Å². The lowest BCUT2D eigenvalue weighted by Crippen LogP contribution is -2.50. The van der Waals surface area contributed by atoms with Gasteiger partial charge in [0.25, 0.3) is 0 Å². The summed E-state index contributed by atoms with van der Waals surface area (Å²) in [5.74, 6) is 0.381. The molecule has 0 aliphatic carbocycles. The molecule has 1 N–H and O–H groups in total. The number of hydrogen-bond acceptors (Lipinski definition) is 3. The Kier molecular flexibility index (Phi) is 11.2. The van der Waals surface area contributed by atoms with Crippen LogP contribution in [-0.2, 0) is 16.1 Å². The monoisotopic (exact) mass is 514 g/mol. The molecule has 32 heavy (non-hydrogen) atoms. The van der Waals surface area contributed by atoms with Crippen LogP contribution in [0.3, 0.4) is 0 Å². The SMILES string of the molecule is CC[C@H](C(=O)N[C@@H](C)CC)N(Cc1ccc(Cl)c(Cl)c1)C(=O)CCSc1ccc(Cl)cc1. The molecule has 0 radical (unpaired) electrons. The first-order valence-electron chi connectivity index (χ1n) is 10.7. The van der Waals surface area contributed by atoms with Crippen LogP contribution >= 0.6 is 46.6 Å². The second kappa shape index (κ2) is 13.3. The predicted molar refractivity (Wildman–Crippen MR) is 136 cm³/mol. The van der Waals surface area contributed by atoms with Crippen molar-refractivity contribution in [3.8, 4) is 0 Å². The van der Waals surface area contributed by atoms with Crippen LogP contribution in [0, 0.1) is 0 Å². The van der Waals surface area contributed by atoms with E-state index in [4.69, 9.17) is 34.8 Å². The molecule has 0 aromatic heterocycles. The van der Waals surface area contributed by atoms with Crippen molar-refractivity contribution in [2.24, 2.45) is 0 Å². The molecule has 2 amide bonds. The van der Waals surface area contributed by atoms with Crippen LogP contribution < -0.4 is 5.32 Å². The highest BCUT2D eigenvalue weighted by Gasteiger charge is 2.29. The van der Waals surface area contributed by atoms with E-state index in [0.717, 1.165) is 16.9 Å². The Morgan fingerprint density at radius 2 is 1.69 bits per heavy atom. The average Bonchev–Trinajstić information content (AvgIpc) is 2.77. The number of benzene rings is 2. The highest BCUT2D eigenvalue weighted by atomic mass is 35.5. The van der Waals surface area contributed by atoms with Gasteiger partial charge in [-0.2, -0.15) is 0 Å². The Morgan fingerprint density at radius 1 is 1.00 bits per heavy atom. The smallest absolute Gasteiger partial charge is 0.243 e. The van der Waals surface area contributed by atoms with Crippen LogP contribution in [0.25, 0.3) is 0 Å². The number of nitrogens with zero attached hydrogens (tertiary/aromatic N) is 1. The lowest BCUT2D eigenvalue weighted by atomic mass is 10.1. The summed E-state index contributed by atoms with van der Waals surface area (Å²) in [5, 5.41) is 4.56. The fourth-order valence-corrected chi connectivity index (χ4v) is 4.41. The molecule has 2 aromatic carbocycles. The van der Waals surface area contributed by atoms with Crippen LogP contribution in [0.4, 0.5) is 0 Å². The van der Waals surface area contributed by atoms with E-state index in [1.165, 1.54) is 0 Å². The predicted octanol–water partition coefficient (Wildman–Crippen LogP) is 6.85. The minimum absolute atomic E-state index is 0.0407. The van der Waals surface area contributed by atoms with E-state index in [1.807, 2.05) is 51.1 Å². The van der Waals surface area contributed by atoms with Crippen molar-refractivity contribution in [2.45, 2.75) is 63.6 Å². The second-order valence-corrected chi connectivity index (χ2v) is 9.98. The molecule has 0 aliphatic heterocycles. The molecule has 0 aliphatic rings. The number of thioether (sulfide) groups is 1. The number of carbonyl (C=O) groups is 2. The quantitative estimate of drug-likeness (QED) is 0.333. The summed E-state index contributed by atoms with van der Waals surface area (Å²) in [6, 6.07) is 12.3. The molecule has 2 rings (SSSR count). The van der Waals surface area contributed by atoms with Gasteiger partial charge in [-0.25, -0.2) is 0 Å². The Hall–Kier alpha value is -1.40. The summed E-state index contributed by atoms with van der Waals surface area (Å²) in [6.07, 6.45) is 1.64. The summed E-state index contributed by atoms with van der Waals surface area (Å²) in [5.41, 5.74) is 0.827. The standard InChI is InChI=1S/C24H29Cl3N2O2S/c1-4-16(3)28-24(31)22(5-2)29(15-17-6-11-20(26)21(27)14-17)23(30)12-13-32-19-9-7-18(25)8-10-19/h6-11,14,16,22H,4-5,12-13,15H2,1-3H3,(H,28,31)/t16-,22+/m0/s1. The van der Waals surface area contributed by atoms with Crippen molar-refractivity contribution in [2.75, 3.05) is 5.75 Å². The highest BCUT2D eigenvalue weighted by Crippen LogP contribution is 2.25. The number of nitrogens with one attached hydrogen (secondary N) is 1. The maximum absolute atomic E-state index is 13.3. The Morgan fingerprint density at radius 3 is 2.28 bits per heavy atom. The maximum atomic E-state index is 13.3. The van der Waals surface area contributed by atoms with Gasteiger partial charge in [0, 0.05) is 34.7 Å². The summed E-state index contributed by atoms with van der Waals surface area (Å²) in [4.78, 5) is 28.9. The first kappa shape index (κ1) is 26.8. The van der Waals surface area contributed by atoms with E-state index < -0.39 is 6.04 Å². The zero-order chi connectivity index (χ0) is 23.7. The zero-order valence-electron chi connectivity index (χ0n) is 18.5. The van der Waals surface area contributed by atoms with Gasteiger partial charge in [-0.3, -0.25) is 9.59 Å². The first-order chi connectivity index (χ1) is 15.2. The Labute approximate surface area is 210 Å². The fraction of sp³-hybridized carbons (Fsp3) is 0.417. The maximum Gasteiger partial charge on any atom is 0.243 e. The minimum atomic E-state index is -0.563. The first-order valence-corrected chi connectivity index (χ1v) is 12.8. The molecule has 0 unspecified atom stereocenters. The molecule has 0 saturated carbocycles. The van der Waals surface area contributed by atoms with Crippen LogP contribution in [-0.4, -0.2) is 34.6 Å². The van der Waals surface area contributed by atoms with Gasteiger partial charge >= 0.3 is 0 Å². The van der Waals surface area contributed by atoms with Gasteiger partial charge < -0.3 is 10.2 Å². The number of carbonyl (C=O) groups excluding carboxylic acids is 2. The normalized spacial score (nSPS) is 12.8. The van der Waals surface area contributed by atoms with Crippen molar-refractivity contribution in [3.63, 3.8) is 0 Å². The van der Waals surface area contributed by atoms with Gasteiger partial charge in [-0.15, -0.1) is 11.8 Å². The summed E-state index contributed by atoms with van der Waals surface area (Å²) in [7, 11) is 0. The van der Waals surface area contributed by atoms with E-state index in [-0.39, 0.29) is 24.4 Å². The molecule has 0 saturated heterocycles. The molecule has 0 bridgehead atoms. The Balaban J connectivity index is 2.16.